The Balaban J connectivity index is 1.57. The third kappa shape index (κ3) is 4.74. The largest absolute Gasteiger partial charge is 0.395 e. The summed E-state index contributed by atoms with van der Waals surface area (Å²) < 4.78 is 87.8. The Kier molecular flexibility index (Phi) is 6.56. The van der Waals surface area contributed by atoms with E-state index in [4.69, 9.17) is 4.74 Å². The maximum absolute atomic E-state index is 13.8. The summed E-state index contributed by atoms with van der Waals surface area (Å²) in [6, 6.07) is -0.458. The molecular formula is C19H30F6N4O. The molecule has 11 heteroatoms. The zero-order valence-corrected chi connectivity index (χ0v) is 16.7. The van der Waals surface area contributed by atoms with E-state index in [1.165, 1.54) is 0 Å². The van der Waals surface area contributed by atoms with Crippen molar-refractivity contribution in [1.29, 1.82) is 0 Å². The molecule has 4 saturated heterocycles. The van der Waals surface area contributed by atoms with E-state index in [9.17, 15) is 26.3 Å². The van der Waals surface area contributed by atoms with Crippen molar-refractivity contribution in [3.05, 3.63) is 0 Å². The summed E-state index contributed by atoms with van der Waals surface area (Å²) in [6.07, 6.45) is -7.39. The fourth-order valence-electron chi connectivity index (χ4n) is 5.57. The van der Waals surface area contributed by atoms with E-state index in [-0.39, 0.29) is 25.3 Å². The van der Waals surface area contributed by atoms with Gasteiger partial charge in [0, 0.05) is 12.1 Å². The topological polar surface area (TPSA) is 48.6 Å². The Morgan fingerprint density at radius 1 is 0.700 bits per heavy atom. The summed E-state index contributed by atoms with van der Waals surface area (Å²) in [7, 11) is 0. The summed E-state index contributed by atoms with van der Waals surface area (Å²) in [6.45, 7) is 0.609. The number of hydrogen-bond acceptors (Lipinski definition) is 5. The molecule has 0 amide bonds. The van der Waals surface area contributed by atoms with Gasteiger partial charge in [0.1, 0.15) is 12.5 Å². The van der Waals surface area contributed by atoms with E-state index < -0.39 is 48.9 Å². The highest BCUT2D eigenvalue weighted by molar-refractivity contribution is 4.97. The Bertz CT molecular complexity index is 588. The fraction of sp³-hybridized carbons (Fsp3) is 1.00. The Labute approximate surface area is 172 Å². The monoisotopic (exact) mass is 444 g/mol. The molecule has 4 rings (SSSR count). The molecule has 4 bridgehead atoms. The van der Waals surface area contributed by atoms with E-state index in [0.717, 1.165) is 25.7 Å². The van der Waals surface area contributed by atoms with Gasteiger partial charge in [0.2, 0.25) is 0 Å². The number of piperidine rings is 1. The second-order valence-corrected chi connectivity index (χ2v) is 9.03. The van der Waals surface area contributed by atoms with Crippen molar-refractivity contribution in [3.8, 4) is 0 Å². The molecule has 4 fully saturated rings. The van der Waals surface area contributed by atoms with Crippen molar-refractivity contribution < 1.29 is 31.1 Å². The molecule has 0 aromatic heterocycles. The number of alkyl halides is 6. The third-order valence-electron chi connectivity index (χ3n) is 7.12. The van der Waals surface area contributed by atoms with E-state index >= 15 is 0 Å². The normalized spacial score (nSPS) is 42.0. The van der Waals surface area contributed by atoms with Crippen LogP contribution in [0.5, 0.6) is 0 Å². The summed E-state index contributed by atoms with van der Waals surface area (Å²) in [4.78, 5) is 1.95. The lowest BCUT2D eigenvalue weighted by Crippen LogP contribution is -2.64. The summed E-state index contributed by atoms with van der Waals surface area (Å²) in [5.41, 5.74) is 5.37. The van der Waals surface area contributed by atoms with Gasteiger partial charge in [0.25, 0.3) is 0 Å². The first kappa shape index (κ1) is 22.6. The lowest BCUT2D eigenvalue weighted by atomic mass is 9.88. The molecule has 0 saturated carbocycles. The molecule has 0 spiro atoms. The maximum atomic E-state index is 13.8. The van der Waals surface area contributed by atoms with E-state index in [1.807, 2.05) is 4.90 Å². The van der Waals surface area contributed by atoms with Gasteiger partial charge >= 0.3 is 12.4 Å². The highest BCUT2D eigenvalue weighted by Gasteiger charge is 2.54. The molecule has 0 radical (unpaired) electrons. The SMILES string of the molecule is FC(F)(F)C1CCCCC[C@@H]2CCCN2C2NC(CCC2C(F)(F)F)C2NNC1O2. The Hall–Kier alpha value is -0.620. The molecule has 174 valence electrons. The van der Waals surface area contributed by atoms with Crippen molar-refractivity contribution in [2.75, 3.05) is 6.54 Å². The second-order valence-electron chi connectivity index (χ2n) is 9.03. The highest BCUT2D eigenvalue weighted by atomic mass is 19.4. The minimum atomic E-state index is -4.41. The molecule has 6 unspecified atom stereocenters. The van der Waals surface area contributed by atoms with Crippen molar-refractivity contribution in [2.24, 2.45) is 11.8 Å². The number of fused-ring (bicyclic) bond motifs is 7. The van der Waals surface area contributed by atoms with Crippen LogP contribution < -0.4 is 16.2 Å². The van der Waals surface area contributed by atoms with Crippen LogP contribution in [0, 0.1) is 11.8 Å². The molecule has 5 nitrogen and oxygen atoms in total. The first-order valence-electron chi connectivity index (χ1n) is 11.0. The van der Waals surface area contributed by atoms with Crippen LogP contribution in [0.2, 0.25) is 0 Å². The Morgan fingerprint density at radius 2 is 1.37 bits per heavy atom. The Morgan fingerprint density at radius 3 is 2.10 bits per heavy atom. The maximum Gasteiger partial charge on any atom is 0.395 e. The number of hydrogen-bond donors (Lipinski definition) is 3. The average Bonchev–Trinajstić information content (AvgIpc) is 3.31. The number of nitrogens with zero attached hydrogens (tertiary/aromatic N) is 1. The van der Waals surface area contributed by atoms with Crippen LogP contribution in [0.15, 0.2) is 0 Å². The molecule has 0 aromatic rings. The second kappa shape index (κ2) is 8.73. The lowest BCUT2D eigenvalue weighted by Gasteiger charge is -2.46. The van der Waals surface area contributed by atoms with Crippen LogP contribution in [0.4, 0.5) is 26.3 Å². The predicted molar refractivity (Wildman–Crippen MR) is 96.8 cm³/mol. The van der Waals surface area contributed by atoms with Crippen LogP contribution in [0.25, 0.3) is 0 Å². The van der Waals surface area contributed by atoms with Crippen LogP contribution in [0.1, 0.15) is 57.8 Å². The number of rotatable bonds is 0. The van der Waals surface area contributed by atoms with Gasteiger partial charge in [-0.2, -0.15) is 26.3 Å². The third-order valence-corrected chi connectivity index (χ3v) is 7.12. The van der Waals surface area contributed by atoms with Crippen LogP contribution in [-0.4, -0.2) is 54.5 Å². The summed E-state index contributed by atoms with van der Waals surface area (Å²) in [5, 5.41) is 3.11. The minimum Gasteiger partial charge on any atom is -0.340 e. The van der Waals surface area contributed by atoms with Gasteiger partial charge in [0.15, 0.2) is 0 Å². The molecule has 0 aromatic carbocycles. The van der Waals surface area contributed by atoms with Gasteiger partial charge in [-0.15, -0.1) is 0 Å². The average molecular weight is 444 g/mol. The fourth-order valence-corrected chi connectivity index (χ4v) is 5.57. The van der Waals surface area contributed by atoms with Crippen molar-refractivity contribution in [1.82, 2.24) is 21.1 Å². The van der Waals surface area contributed by atoms with Crippen molar-refractivity contribution in [2.45, 2.75) is 101 Å². The van der Waals surface area contributed by atoms with E-state index in [0.29, 0.717) is 19.4 Å². The van der Waals surface area contributed by atoms with Gasteiger partial charge in [-0.3, -0.25) is 10.2 Å². The lowest BCUT2D eigenvalue weighted by molar-refractivity contribution is -0.218. The minimum absolute atomic E-state index is 0.0270. The molecule has 4 aliphatic rings. The number of nitrogens with one attached hydrogen (secondary N) is 3. The molecular weight excluding hydrogens is 414 g/mol. The van der Waals surface area contributed by atoms with Gasteiger partial charge in [-0.1, -0.05) is 19.3 Å². The first-order valence-corrected chi connectivity index (χ1v) is 11.0. The molecule has 7 atom stereocenters. The summed E-state index contributed by atoms with van der Waals surface area (Å²) in [5.74, 6) is -3.14. The van der Waals surface area contributed by atoms with E-state index in [1.54, 1.807) is 0 Å². The number of hydrazine groups is 1. The smallest absolute Gasteiger partial charge is 0.340 e. The predicted octanol–water partition coefficient (Wildman–Crippen LogP) is 3.63. The number of halogens is 6. The molecule has 4 heterocycles. The molecule has 30 heavy (non-hydrogen) atoms. The van der Waals surface area contributed by atoms with Crippen molar-refractivity contribution >= 4 is 0 Å². The van der Waals surface area contributed by atoms with E-state index in [2.05, 4.69) is 16.2 Å². The molecule has 3 N–H and O–H groups in total. The van der Waals surface area contributed by atoms with Crippen LogP contribution >= 0.6 is 0 Å². The van der Waals surface area contributed by atoms with Gasteiger partial charge < -0.3 is 4.74 Å². The first-order chi connectivity index (χ1) is 14.1. The van der Waals surface area contributed by atoms with Gasteiger partial charge in [-0.05, 0) is 45.1 Å². The van der Waals surface area contributed by atoms with Crippen LogP contribution in [0.3, 0.4) is 0 Å². The van der Waals surface area contributed by atoms with Gasteiger partial charge in [0.05, 0.1) is 18.0 Å². The number of ether oxygens (including phenoxy) is 1. The molecule has 0 aliphatic carbocycles. The van der Waals surface area contributed by atoms with Crippen LogP contribution in [-0.2, 0) is 4.74 Å². The molecule has 4 aliphatic heterocycles. The zero-order chi connectivity index (χ0) is 21.5. The van der Waals surface area contributed by atoms with Crippen molar-refractivity contribution in [3.63, 3.8) is 0 Å². The quantitative estimate of drug-likeness (QED) is 0.499. The zero-order valence-electron chi connectivity index (χ0n) is 16.7. The standard InChI is InChI=1S/C19H30F6N4O/c20-18(21,22)12-8-9-14-17-28-27-16(30-17)13(19(23,24)25)7-3-1-2-5-11-6-4-10-29(11)15(12)26-14/h11-17,26-28H,1-10H2/t11-,12?,13?,14?,15?,16?,17?/m1/s1. The van der Waals surface area contributed by atoms with Gasteiger partial charge in [-0.25, -0.2) is 10.9 Å². The highest BCUT2D eigenvalue weighted by Crippen LogP contribution is 2.41. The summed E-state index contributed by atoms with van der Waals surface area (Å²) >= 11 is 0.